The molecule has 1 aliphatic rings. The van der Waals surface area contributed by atoms with E-state index in [1.165, 1.54) is 34.4 Å². The van der Waals surface area contributed by atoms with E-state index in [0.29, 0.717) is 22.5 Å². The van der Waals surface area contributed by atoms with Crippen LogP contribution in [0.3, 0.4) is 0 Å². The van der Waals surface area contributed by atoms with E-state index in [1.807, 2.05) is 30.3 Å². The van der Waals surface area contributed by atoms with Gasteiger partial charge in [0, 0.05) is 28.8 Å². The van der Waals surface area contributed by atoms with Gasteiger partial charge >= 0.3 is 0 Å². The zero-order valence-electron chi connectivity index (χ0n) is 19.7. The van der Waals surface area contributed by atoms with Crippen LogP contribution in [0.4, 0.5) is 17.2 Å². The van der Waals surface area contributed by atoms with Gasteiger partial charge < -0.3 is 5.32 Å². The zero-order chi connectivity index (χ0) is 24.9. The van der Waals surface area contributed by atoms with Crippen molar-refractivity contribution >= 4 is 38.9 Å². The lowest BCUT2D eigenvalue weighted by molar-refractivity contribution is -0.384. The molecule has 6 nitrogen and oxygen atoms in total. The lowest BCUT2D eigenvalue weighted by Gasteiger charge is -2.13. The van der Waals surface area contributed by atoms with Crippen LogP contribution in [0.2, 0.25) is 0 Å². The molecule has 1 heterocycles. The van der Waals surface area contributed by atoms with Gasteiger partial charge in [-0.05, 0) is 57.6 Å². The first-order valence-electron chi connectivity index (χ1n) is 12.1. The van der Waals surface area contributed by atoms with Gasteiger partial charge in [0.25, 0.3) is 5.69 Å². The summed E-state index contributed by atoms with van der Waals surface area (Å²) in [4.78, 5) is 20.8. The summed E-state index contributed by atoms with van der Waals surface area (Å²) in [6.07, 6.45) is 0.873. The van der Waals surface area contributed by atoms with E-state index in [0.717, 1.165) is 28.4 Å². The number of non-ortho nitro benzene ring substituents is 1. The van der Waals surface area contributed by atoms with Crippen molar-refractivity contribution in [2.75, 3.05) is 5.32 Å². The molecule has 0 aliphatic heterocycles. The van der Waals surface area contributed by atoms with Crippen LogP contribution in [0.1, 0.15) is 11.1 Å². The number of anilines is 2. The van der Waals surface area contributed by atoms with Crippen molar-refractivity contribution in [3.05, 3.63) is 124 Å². The van der Waals surface area contributed by atoms with Crippen LogP contribution in [-0.2, 0) is 6.42 Å². The third kappa shape index (κ3) is 3.58. The van der Waals surface area contributed by atoms with Gasteiger partial charge in [-0.3, -0.25) is 10.1 Å². The summed E-state index contributed by atoms with van der Waals surface area (Å²) in [7, 11) is 0. The third-order valence-electron chi connectivity index (χ3n) is 6.98. The first-order valence-corrected chi connectivity index (χ1v) is 12.1. The van der Waals surface area contributed by atoms with Gasteiger partial charge in [-0.2, -0.15) is 0 Å². The maximum atomic E-state index is 11.5. The second-order valence-electron chi connectivity index (χ2n) is 9.21. The van der Waals surface area contributed by atoms with Gasteiger partial charge in [0.05, 0.1) is 10.4 Å². The molecule has 0 atom stereocenters. The smallest absolute Gasteiger partial charge is 0.270 e. The second-order valence-corrected chi connectivity index (χ2v) is 9.21. The summed E-state index contributed by atoms with van der Waals surface area (Å²) < 4.78 is 0. The topological polar surface area (TPSA) is 81.0 Å². The monoisotopic (exact) mass is 480 g/mol. The van der Waals surface area contributed by atoms with Crippen molar-refractivity contribution in [2.45, 2.75) is 6.42 Å². The Morgan fingerprint density at radius 1 is 0.703 bits per heavy atom. The molecule has 176 valence electrons. The summed E-state index contributed by atoms with van der Waals surface area (Å²) in [6.45, 7) is 0. The van der Waals surface area contributed by atoms with Crippen molar-refractivity contribution in [1.82, 2.24) is 9.97 Å². The van der Waals surface area contributed by atoms with Crippen molar-refractivity contribution in [3.63, 3.8) is 0 Å². The molecule has 0 amide bonds. The highest BCUT2D eigenvalue weighted by Gasteiger charge is 2.19. The van der Waals surface area contributed by atoms with Crippen LogP contribution >= 0.6 is 0 Å². The molecule has 5 aromatic carbocycles. The SMILES string of the molecule is O=[N+]([O-])c1ccc2nc(-c3cccc4ccccc34)nc(Nc3ccc4c(c3)Cc3ccccc3-4)c2c1. The molecule has 0 saturated carbocycles. The van der Waals surface area contributed by atoms with Crippen LogP contribution in [0.25, 0.3) is 44.2 Å². The highest BCUT2D eigenvalue weighted by Crippen LogP contribution is 2.39. The Balaban J connectivity index is 1.38. The number of nitrogens with one attached hydrogen (secondary N) is 1. The lowest BCUT2D eigenvalue weighted by Crippen LogP contribution is -2.01. The third-order valence-corrected chi connectivity index (χ3v) is 6.98. The first kappa shape index (κ1) is 21.2. The average molecular weight is 481 g/mol. The van der Waals surface area contributed by atoms with Gasteiger partial charge in [0.15, 0.2) is 5.82 Å². The molecule has 0 fully saturated rings. The maximum absolute atomic E-state index is 11.5. The number of rotatable bonds is 4. The van der Waals surface area contributed by atoms with Gasteiger partial charge in [0.1, 0.15) is 5.82 Å². The molecule has 0 bridgehead atoms. The Kier molecular flexibility index (Phi) is 4.72. The molecular weight excluding hydrogens is 460 g/mol. The second kappa shape index (κ2) is 8.24. The Morgan fingerprint density at radius 3 is 2.41 bits per heavy atom. The van der Waals surface area contributed by atoms with Crippen LogP contribution in [0.5, 0.6) is 0 Å². The fraction of sp³-hybridized carbons (Fsp3) is 0.0323. The molecule has 1 aromatic heterocycles. The van der Waals surface area contributed by atoms with E-state index in [1.54, 1.807) is 6.07 Å². The summed E-state index contributed by atoms with van der Waals surface area (Å²) in [5.41, 5.74) is 7.49. The van der Waals surface area contributed by atoms with E-state index in [-0.39, 0.29) is 5.69 Å². The Bertz CT molecular complexity index is 1870. The van der Waals surface area contributed by atoms with Crippen LogP contribution in [-0.4, -0.2) is 14.9 Å². The predicted molar refractivity (Wildman–Crippen MR) is 147 cm³/mol. The molecule has 1 N–H and O–H groups in total. The molecule has 0 radical (unpaired) electrons. The number of fused-ring (bicyclic) bond motifs is 5. The molecule has 6 aromatic rings. The highest BCUT2D eigenvalue weighted by atomic mass is 16.6. The molecule has 0 saturated heterocycles. The van der Waals surface area contributed by atoms with Crippen molar-refractivity contribution in [2.24, 2.45) is 0 Å². The number of nitro groups is 1. The summed E-state index contributed by atoms with van der Waals surface area (Å²) in [5.74, 6) is 1.10. The minimum absolute atomic E-state index is 0.00136. The molecule has 0 unspecified atom stereocenters. The lowest BCUT2D eigenvalue weighted by atomic mass is 10.0. The maximum Gasteiger partial charge on any atom is 0.270 e. The minimum Gasteiger partial charge on any atom is -0.340 e. The number of nitrogens with zero attached hydrogens (tertiary/aromatic N) is 3. The number of nitro benzene ring substituents is 1. The van der Waals surface area contributed by atoms with E-state index < -0.39 is 4.92 Å². The van der Waals surface area contributed by atoms with Gasteiger partial charge in [0.2, 0.25) is 0 Å². The van der Waals surface area contributed by atoms with E-state index in [4.69, 9.17) is 9.97 Å². The number of hydrogen-bond donors (Lipinski definition) is 1. The molecule has 37 heavy (non-hydrogen) atoms. The molecule has 7 rings (SSSR count). The summed E-state index contributed by atoms with van der Waals surface area (Å²) in [6, 6.07) is 33.6. The van der Waals surface area contributed by atoms with Gasteiger partial charge in [-0.1, -0.05) is 72.8 Å². The highest BCUT2D eigenvalue weighted by molar-refractivity contribution is 5.98. The number of aromatic nitrogens is 2. The van der Waals surface area contributed by atoms with Crippen LogP contribution in [0, 0.1) is 10.1 Å². The van der Waals surface area contributed by atoms with Gasteiger partial charge in [-0.25, -0.2) is 9.97 Å². The Labute approximate surface area is 212 Å². The first-order chi connectivity index (χ1) is 18.1. The van der Waals surface area contributed by atoms with Gasteiger partial charge in [-0.15, -0.1) is 0 Å². The van der Waals surface area contributed by atoms with Crippen molar-refractivity contribution in [1.29, 1.82) is 0 Å². The molecule has 1 aliphatic carbocycles. The standard InChI is InChI=1S/C31H20N4O2/c36-35(37)23-13-15-29-28(18-23)31(34-30(33-29)27-11-5-8-19-6-1-3-9-24(19)27)32-22-12-14-26-21(17-22)16-20-7-2-4-10-25(20)26/h1-15,17-18H,16H2,(H,32,33,34). The number of benzene rings is 5. The summed E-state index contributed by atoms with van der Waals surface area (Å²) in [5, 5.41) is 17.7. The number of hydrogen-bond acceptors (Lipinski definition) is 5. The van der Waals surface area contributed by atoms with E-state index in [9.17, 15) is 10.1 Å². The minimum atomic E-state index is -0.394. The fourth-order valence-electron chi connectivity index (χ4n) is 5.23. The van der Waals surface area contributed by atoms with Crippen LogP contribution < -0.4 is 5.32 Å². The Morgan fingerprint density at radius 2 is 1.49 bits per heavy atom. The fourth-order valence-corrected chi connectivity index (χ4v) is 5.23. The Hall–Kier alpha value is -5.10. The zero-order valence-corrected chi connectivity index (χ0v) is 19.7. The van der Waals surface area contributed by atoms with E-state index >= 15 is 0 Å². The largest absolute Gasteiger partial charge is 0.340 e. The molecule has 6 heteroatoms. The summed E-state index contributed by atoms with van der Waals surface area (Å²) >= 11 is 0. The predicted octanol–water partition coefficient (Wildman–Crippen LogP) is 7.67. The normalized spacial score (nSPS) is 11.9. The van der Waals surface area contributed by atoms with E-state index in [2.05, 4.69) is 59.9 Å². The van der Waals surface area contributed by atoms with Crippen LogP contribution in [0.15, 0.2) is 103 Å². The van der Waals surface area contributed by atoms with Crippen molar-refractivity contribution in [3.8, 4) is 22.5 Å². The average Bonchev–Trinajstić information content (AvgIpc) is 3.30. The molecular formula is C31H20N4O2. The van der Waals surface area contributed by atoms with Crippen molar-refractivity contribution < 1.29 is 4.92 Å². The quantitative estimate of drug-likeness (QED) is 0.206. The molecule has 0 spiro atoms.